The van der Waals surface area contributed by atoms with E-state index < -0.39 is 70.7 Å². The van der Waals surface area contributed by atoms with E-state index >= 15 is 0 Å². The van der Waals surface area contributed by atoms with Gasteiger partial charge in [-0.2, -0.15) is 5.10 Å². The van der Waals surface area contributed by atoms with E-state index in [-0.39, 0.29) is 18.9 Å². The molecule has 5 amide bonds. The monoisotopic (exact) mass is 1140 g/mol. The topological polar surface area (TPSA) is 281 Å². The van der Waals surface area contributed by atoms with Gasteiger partial charge in [-0.1, -0.05) is 99.5 Å². The molecule has 0 saturated carbocycles. The molecule has 0 aliphatic rings. The number of aliphatic carboxylic acids is 1. The maximum absolute atomic E-state index is 13.4. The number of aryl methyl sites for hydroxylation is 2. The Kier molecular flexibility index (Phi) is 24.3. The number of amides is 5. The average Bonchev–Trinajstić information content (AvgIpc) is 4.26. The van der Waals surface area contributed by atoms with Crippen LogP contribution in [0.2, 0.25) is 0 Å². The number of carboxylic acid groups (broad SMARTS) is 1. The molecule has 0 fully saturated rings. The summed E-state index contributed by atoms with van der Waals surface area (Å²) in [6.07, 6.45) is 1.04. The third kappa shape index (κ3) is 24.4. The van der Waals surface area contributed by atoms with Crippen LogP contribution in [-0.2, 0) is 41.4 Å². The van der Waals surface area contributed by atoms with Crippen LogP contribution in [0.3, 0.4) is 0 Å². The molecule has 8 N–H and O–H groups in total. The molecule has 6 aromatic rings. The number of nitrogens with zero attached hydrogens (tertiary/aromatic N) is 4. The zero-order valence-corrected chi connectivity index (χ0v) is 50.3. The molecular formula is C62H84N10O11. The summed E-state index contributed by atoms with van der Waals surface area (Å²) in [5.41, 5.74) is 11.3. The summed E-state index contributed by atoms with van der Waals surface area (Å²) in [4.78, 5) is 72.2. The lowest BCUT2D eigenvalue weighted by molar-refractivity contribution is -0.139. The Morgan fingerprint density at radius 1 is 0.506 bits per heavy atom. The quantitative estimate of drug-likeness (QED) is 0.0418. The van der Waals surface area contributed by atoms with Gasteiger partial charge in [0.2, 0.25) is 5.91 Å². The van der Waals surface area contributed by atoms with Crippen molar-refractivity contribution in [1.82, 2.24) is 40.8 Å². The van der Waals surface area contributed by atoms with Crippen LogP contribution in [-0.4, -0.2) is 108 Å². The predicted octanol–water partition coefficient (Wildman–Crippen LogP) is 11.4. The third-order valence-corrected chi connectivity index (χ3v) is 10.9. The van der Waals surface area contributed by atoms with Crippen molar-refractivity contribution >= 4 is 47.9 Å². The van der Waals surface area contributed by atoms with E-state index in [4.69, 9.17) is 29.8 Å². The van der Waals surface area contributed by atoms with Crippen molar-refractivity contribution in [3.63, 3.8) is 0 Å². The molecule has 2 heterocycles. The van der Waals surface area contributed by atoms with Gasteiger partial charge < -0.3 is 56.4 Å². The van der Waals surface area contributed by atoms with E-state index in [0.717, 1.165) is 59.6 Å². The Balaban J connectivity index is 0.000000295. The van der Waals surface area contributed by atoms with Crippen LogP contribution in [0.15, 0.2) is 121 Å². The van der Waals surface area contributed by atoms with E-state index in [1.807, 2.05) is 83.5 Å². The predicted molar refractivity (Wildman–Crippen MR) is 321 cm³/mol. The minimum absolute atomic E-state index is 0.231. The maximum Gasteiger partial charge on any atom is 0.408 e. The SMILES string of the molecule is CC(C)(C)OC(=O)NC[C@@H](NC(=O)OC(C)(C)C)C(=O)O.CCCc1cccc(-c2cc(N)nn2-c2ccccc2)c1.CCCc1cccc(-c2cc(NC(=O)[C@@H](CNC(=O)OC(C)(C)C)NC(=O)OC(C)(C)C)nn2-c2ccccc2)c1. The molecule has 83 heavy (non-hydrogen) atoms. The summed E-state index contributed by atoms with van der Waals surface area (Å²) in [5.74, 6) is -1.06. The van der Waals surface area contributed by atoms with E-state index in [2.05, 4.69) is 87.0 Å². The molecule has 448 valence electrons. The lowest BCUT2D eigenvalue weighted by atomic mass is 10.0. The van der Waals surface area contributed by atoms with Crippen LogP contribution in [0.25, 0.3) is 33.9 Å². The molecule has 0 aliphatic carbocycles. The highest BCUT2D eigenvalue weighted by Gasteiger charge is 2.29. The van der Waals surface area contributed by atoms with Crippen molar-refractivity contribution in [2.75, 3.05) is 24.1 Å². The molecular weight excluding hydrogens is 1060 g/mol. The van der Waals surface area contributed by atoms with E-state index in [9.17, 15) is 28.8 Å². The summed E-state index contributed by atoms with van der Waals surface area (Å²) < 4.78 is 24.2. The first-order valence-corrected chi connectivity index (χ1v) is 27.5. The molecule has 21 heteroatoms. The minimum Gasteiger partial charge on any atom is -0.480 e. The molecule has 0 radical (unpaired) electrons. The van der Waals surface area contributed by atoms with Gasteiger partial charge >= 0.3 is 30.3 Å². The first kappa shape index (κ1) is 66.6. The van der Waals surface area contributed by atoms with Gasteiger partial charge in [0, 0.05) is 23.3 Å². The lowest BCUT2D eigenvalue weighted by Crippen LogP contribution is -2.52. The summed E-state index contributed by atoms with van der Waals surface area (Å²) in [7, 11) is 0. The second kappa shape index (κ2) is 30.3. The molecule has 0 aliphatic heterocycles. The summed E-state index contributed by atoms with van der Waals surface area (Å²) in [5, 5.41) is 30.4. The van der Waals surface area contributed by atoms with Crippen molar-refractivity contribution in [3.8, 4) is 33.9 Å². The van der Waals surface area contributed by atoms with Gasteiger partial charge in [-0.05, 0) is 143 Å². The molecule has 0 spiro atoms. The van der Waals surface area contributed by atoms with Gasteiger partial charge in [0.25, 0.3) is 0 Å². The van der Waals surface area contributed by atoms with Crippen LogP contribution in [0.4, 0.5) is 30.8 Å². The minimum atomic E-state index is -1.31. The Morgan fingerprint density at radius 3 is 1.30 bits per heavy atom. The molecule has 4 aromatic carbocycles. The number of benzene rings is 4. The standard InChI is InChI=1S/C31H41N5O5.C18H19N3.C13H24N2O6/c1-8-13-21-14-12-15-22(18-21)25-19-26(35-36(25)23-16-10-9-11-17-23)34-27(37)24(33-29(39)41-31(5,6)7)20-32-28(38)40-30(2,3)4;1-2-7-14-8-6-9-15(12-14)17-13-18(19)20-21(17)16-10-4-3-5-11-16;1-12(2,3)20-10(18)14-7-8(9(16)17)15-11(19)21-13(4,5)6/h9-12,14-19,24H,8,13,20H2,1-7H3,(H,32,38)(H,33,39)(H,34,35,37);3-6,8-13H,2,7H2,1H3,(H2,19,20);8H,7H2,1-6H3,(H,14,18)(H,15,19)(H,16,17)/t24-;;8-/m1.1/s1. The van der Waals surface area contributed by atoms with Crippen LogP contribution in [0, 0.1) is 0 Å². The number of aromatic nitrogens is 4. The molecule has 2 atom stereocenters. The number of para-hydroxylation sites is 2. The van der Waals surface area contributed by atoms with Crippen molar-refractivity contribution in [2.24, 2.45) is 0 Å². The molecule has 2 aromatic heterocycles. The van der Waals surface area contributed by atoms with Crippen molar-refractivity contribution < 1.29 is 52.8 Å². The van der Waals surface area contributed by atoms with Gasteiger partial charge in [-0.25, -0.2) is 33.3 Å². The Hall–Kier alpha value is -8.88. The fourth-order valence-electron chi connectivity index (χ4n) is 7.66. The van der Waals surface area contributed by atoms with Gasteiger partial charge in [0.05, 0.1) is 35.9 Å². The van der Waals surface area contributed by atoms with Crippen molar-refractivity contribution in [3.05, 3.63) is 132 Å². The van der Waals surface area contributed by atoms with Crippen LogP contribution in [0.5, 0.6) is 0 Å². The molecule has 0 saturated heterocycles. The Labute approximate surface area is 487 Å². The first-order chi connectivity index (χ1) is 38.8. The maximum atomic E-state index is 13.4. The number of hydrogen-bond donors (Lipinski definition) is 7. The Morgan fingerprint density at radius 2 is 0.892 bits per heavy atom. The zero-order chi connectivity index (χ0) is 61.7. The number of nitrogens with two attached hydrogens (primary N) is 1. The Bertz CT molecular complexity index is 3080. The molecule has 21 nitrogen and oxygen atoms in total. The number of nitrogens with one attached hydrogen (secondary N) is 5. The highest BCUT2D eigenvalue weighted by Crippen LogP contribution is 2.29. The van der Waals surface area contributed by atoms with Gasteiger partial charge in [0.15, 0.2) is 5.82 Å². The molecule has 0 unspecified atom stereocenters. The van der Waals surface area contributed by atoms with E-state index in [1.165, 1.54) is 11.1 Å². The number of carboxylic acids is 1. The number of anilines is 2. The van der Waals surface area contributed by atoms with E-state index in [1.54, 1.807) is 93.8 Å². The second-order valence-corrected chi connectivity index (χ2v) is 23.3. The lowest BCUT2D eigenvalue weighted by Gasteiger charge is -2.24. The number of nitrogen functional groups attached to an aromatic ring is 1. The first-order valence-electron chi connectivity index (χ1n) is 27.5. The number of carbonyl (C=O) groups excluding carboxylic acids is 5. The fourth-order valence-corrected chi connectivity index (χ4v) is 7.66. The fraction of sp³-hybridized carbons (Fsp3) is 0.419. The number of carbonyl (C=O) groups is 6. The average molecular weight is 1150 g/mol. The van der Waals surface area contributed by atoms with Crippen molar-refractivity contribution in [2.45, 2.75) is 157 Å². The molecule has 0 bridgehead atoms. The smallest absolute Gasteiger partial charge is 0.408 e. The summed E-state index contributed by atoms with van der Waals surface area (Å²) in [6, 6.07) is 37.7. The van der Waals surface area contributed by atoms with Gasteiger partial charge in [0.1, 0.15) is 40.3 Å². The van der Waals surface area contributed by atoms with Crippen LogP contribution < -0.4 is 32.3 Å². The summed E-state index contributed by atoms with van der Waals surface area (Å²) >= 11 is 0. The number of ether oxygens (including phenoxy) is 4. The second-order valence-electron chi connectivity index (χ2n) is 23.3. The normalized spacial score (nSPS) is 12.1. The van der Waals surface area contributed by atoms with Crippen LogP contribution in [0.1, 0.15) is 121 Å². The van der Waals surface area contributed by atoms with Crippen LogP contribution >= 0.6 is 0 Å². The largest absolute Gasteiger partial charge is 0.480 e. The molecule has 6 rings (SSSR count). The number of rotatable bonds is 17. The zero-order valence-electron chi connectivity index (χ0n) is 50.3. The third-order valence-electron chi connectivity index (χ3n) is 10.9. The van der Waals surface area contributed by atoms with Crippen molar-refractivity contribution in [1.29, 1.82) is 0 Å². The number of alkyl carbamates (subject to hydrolysis) is 4. The van der Waals surface area contributed by atoms with Gasteiger partial charge in [-0.15, -0.1) is 5.10 Å². The van der Waals surface area contributed by atoms with E-state index in [0.29, 0.717) is 5.82 Å². The number of hydrogen-bond acceptors (Lipinski definition) is 13. The highest BCUT2D eigenvalue weighted by atomic mass is 16.6. The highest BCUT2D eigenvalue weighted by molar-refractivity contribution is 5.97. The van der Waals surface area contributed by atoms with Gasteiger partial charge in [-0.3, -0.25) is 4.79 Å². The summed E-state index contributed by atoms with van der Waals surface area (Å²) in [6.45, 7) is 24.1.